The van der Waals surface area contributed by atoms with E-state index in [1.54, 1.807) is 47.9 Å². The summed E-state index contributed by atoms with van der Waals surface area (Å²) in [7, 11) is 0. The van der Waals surface area contributed by atoms with Crippen LogP contribution in [0, 0.1) is 5.92 Å². The minimum absolute atomic E-state index is 0.00130. The molecule has 0 spiro atoms. The number of amides is 2. The van der Waals surface area contributed by atoms with Crippen LogP contribution in [0.15, 0.2) is 46.9 Å². The topological polar surface area (TPSA) is 70.1 Å². The molecule has 1 saturated heterocycles. The Morgan fingerprint density at radius 3 is 2.62 bits per heavy atom. The van der Waals surface area contributed by atoms with Crippen LogP contribution >= 0.6 is 27.5 Å². The molecule has 182 valence electrons. The SMILES string of the molecule is CC(C)(Oc1ccc(Cl)cc1)C(=O)N1CCC[C@H](C(=O)N2CCc3ccc(Br)cc3C2CO)C1. The highest BCUT2D eigenvalue weighted by atomic mass is 79.9. The Morgan fingerprint density at radius 1 is 1.18 bits per heavy atom. The Morgan fingerprint density at radius 2 is 1.91 bits per heavy atom. The van der Waals surface area contributed by atoms with E-state index in [2.05, 4.69) is 15.9 Å². The van der Waals surface area contributed by atoms with Gasteiger partial charge in [0.1, 0.15) is 5.75 Å². The number of rotatable bonds is 5. The molecular weight excluding hydrogens is 520 g/mol. The lowest BCUT2D eigenvalue weighted by Crippen LogP contribution is -2.54. The summed E-state index contributed by atoms with van der Waals surface area (Å²) in [4.78, 5) is 30.5. The van der Waals surface area contributed by atoms with Gasteiger partial charge in [-0.1, -0.05) is 33.6 Å². The molecule has 4 rings (SSSR count). The number of hydrogen-bond donors (Lipinski definition) is 1. The molecule has 6 nitrogen and oxygen atoms in total. The van der Waals surface area contributed by atoms with E-state index in [9.17, 15) is 14.7 Å². The van der Waals surface area contributed by atoms with Crippen LogP contribution in [-0.2, 0) is 16.0 Å². The van der Waals surface area contributed by atoms with Crippen molar-refractivity contribution in [2.24, 2.45) is 5.92 Å². The molecule has 2 aromatic carbocycles. The molecule has 34 heavy (non-hydrogen) atoms. The lowest BCUT2D eigenvalue weighted by atomic mass is 9.89. The molecule has 0 aromatic heterocycles. The zero-order chi connectivity index (χ0) is 24.5. The maximum Gasteiger partial charge on any atom is 0.266 e. The van der Waals surface area contributed by atoms with Crippen LogP contribution < -0.4 is 4.74 Å². The quantitative estimate of drug-likeness (QED) is 0.591. The van der Waals surface area contributed by atoms with Crippen molar-refractivity contribution in [2.45, 2.75) is 44.8 Å². The summed E-state index contributed by atoms with van der Waals surface area (Å²) < 4.78 is 6.91. The third-order valence-corrected chi connectivity index (χ3v) is 7.43. The standard InChI is InChI=1S/C26H30BrClN2O4/c1-26(2,34-21-9-7-20(28)8-10-21)25(33)29-12-3-4-18(15-29)24(32)30-13-11-17-5-6-19(27)14-22(17)23(30)16-31/h5-10,14,18,23,31H,3-4,11-13,15-16H2,1-2H3/t18-,23?/m0/s1. The van der Waals surface area contributed by atoms with Gasteiger partial charge < -0.3 is 19.6 Å². The van der Waals surface area contributed by atoms with Crippen LogP contribution in [0.5, 0.6) is 5.75 Å². The van der Waals surface area contributed by atoms with Crippen molar-refractivity contribution in [3.63, 3.8) is 0 Å². The molecule has 0 radical (unpaired) electrons. The Balaban J connectivity index is 1.46. The lowest BCUT2D eigenvalue weighted by Gasteiger charge is -2.42. The summed E-state index contributed by atoms with van der Waals surface area (Å²) in [6, 6.07) is 12.6. The van der Waals surface area contributed by atoms with Crippen LogP contribution in [0.25, 0.3) is 0 Å². The van der Waals surface area contributed by atoms with Crippen molar-refractivity contribution in [3.8, 4) is 5.75 Å². The van der Waals surface area contributed by atoms with Gasteiger partial charge in [0.05, 0.1) is 18.6 Å². The number of nitrogens with zero attached hydrogens (tertiary/aromatic N) is 2. The van der Waals surface area contributed by atoms with Gasteiger partial charge in [-0.3, -0.25) is 9.59 Å². The van der Waals surface area contributed by atoms with Gasteiger partial charge >= 0.3 is 0 Å². The van der Waals surface area contributed by atoms with Crippen molar-refractivity contribution >= 4 is 39.3 Å². The fraction of sp³-hybridized carbons (Fsp3) is 0.462. The number of aliphatic hydroxyl groups is 1. The van der Waals surface area contributed by atoms with Gasteiger partial charge in [0.25, 0.3) is 5.91 Å². The zero-order valence-electron chi connectivity index (χ0n) is 19.5. The molecule has 0 saturated carbocycles. The van der Waals surface area contributed by atoms with Gasteiger partial charge in [-0.15, -0.1) is 0 Å². The van der Waals surface area contributed by atoms with Gasteiger partial charge in [0, 0.05) is 29.1 Å². The van der Waals surface area contributed by atoms with E-state index in [-0.39, 0.29) is 30.4 Å². The van der Waals surface area contributed by atoms with Crippen LogP contribution in [0.1, 0.15) is 43.9 Å². The van der Waals surface area contributed by atoms with Gasteiger partial charge in [0.2, 0.25) is 5.91 Å². The third kappa shape index (κ3) is 5.26. The maximum absolute atomic E-state index is 13.6. The molecule has 1 N–H and O–H groups in total. The molecule has 8 heteroatoms. The van der Waals surface area contributed by atoms with Crippen molar-refractivity contribution in [3.05, 3.63) is 63.1 Å². The first-order valence-corrected chi connectivity index (χ1v) is 12.8. The number of aliphatic hydroxyl groups excluding tert-OH is 1. The summed E-state index contributed by atoms with van der Waals surface area (Å²) in [5.41, 5.74) is 1.06. The number of carbonyl (C=O) groups is 2. The number of halogens is 2. The number of likely N-dealkylation sites (tertiary alicyclic amines) is 1. The van der Waals surface area contributed by atoms with Crippen LogP contribution in [0.4, 0.5) is 0 Å². The molecule has 2 amide bonds. The Bertz CT molecular complexity index is 1060. The van der Waals surface area contributed by atoms with Crippen LogP contribution in [0.3, 0.4) is 0 Å². The van der Waals surface area contributed by atoms with Crippen molar-refractivity contribution in [1.29, 1.82) is 0 Å². The minimum Gasteiger partial charge on any atom is -0.478 e. The molecule has 0 aliphatic carbocycles. The second kappa shape index (κ2) is 10.3. The average molecular weight is 550 g/mol. The molecule has 1 unspecified atom stereocenters. The summed E-state index contributed by atoms with van der Waals surface area (Å²) in [5, 5.41) is 10.8. The zero-order valence-corrected chi connectivity index (χ0v) is 21.8. The summed E-state index contributed by atoms with van der Waals surface area (Å²) >= 11 is 9.45. The highest BCUT2D eigenvalue weighted by Crippen LogP contribution is 2.34. The highest BCUT2D eigenvalue weighted by molar-refractivity contribution is 9.10. The second-order valence-electron chi connectivity index (χ2n) is 9.48. The first kappa shape index (κ1) is 25.0. The van der Waals surface area contributed by atoms with Gasteiger partial charge in [-0.2, -0.15) is 0 Å². The molecule has 2 atom stereocenters. The average Bonchev–Trinajstić information content (AvgIpc) is 2.83. The second-order valence-corrected chi connectivity index (χ2v) is 10.8. The van der Waals surface area contributed by atoms with E-state index in [0.29, 0.717) is 30.4 Å². The fourth-order valence-corrected chi connectivity index (χ4v) is 5.45. The number of carbonyl (C=O) groups excluding carboxylic acids is 2. The first-order valence-electron chi connectivity index (χ1n) is 11.6. The fourth-order valence-electron chi connectivity index (χ4n) is 4.95. The van der Waals surface area contributed by atoms with E-state index in [4.69, 9.17) is 16.3 Å². The molecular formula is C26H30BrClN2O4. The lowest BCUT2D eigenvalue weighted by molar-refractivity contribution is -0.151. The number of ether oxygens (including phenoxy) is 1. The van der Waals surface area contributed by atoms with Gasteiger partial charge in [-0.05, 0) is 80.6 Å². The Hall–Kier alpha value is -2.09. The van der Waals surface area contributed by atoms with E-state index < -0.39 is 5.60 Å². The summed E-state index contributed by atoms with van der Waals surface area (Å²) in [6.07, 6.45) is 2.22. The Kier molecular flexibility index (Phi) is 7.55. The van der Waals surface area contributed by atoms with Crippen molar-refractivity contribution < 1.29 is 19.4 Å². The predicted molar refractivity (Wildman–Crippen MR) is 135 cm³/mol. The number of benzene rings is 2. The molecule has 0 bridgehead atoms. The highest BCUT2D eigenvalue weighted by Gasteiger charge is 2.40. The summed E-state index contributed by atoms with van der Waals surface area (Å²) in [5.74, 6) is 0.119. The maximum atomic E-state index is 13.6. The van der Waals surface area contributed by atoms with Crippen molar-refractivity contribution in [1.82, 2.24) is 9.80 Å². The largest absolute Gasteiger partial charge is 0.478 e. The van der Waals surface area contributed by atoms with Crippen LogP contribution in [0.2, 0.25) is 5.02 Å². The van der Waals surface area contributed by atoms with Crippen molar-refractivity contribution in [2.75, 3.05) is 26.2 Å². The van der Waals surface area contributed by atoms with Gasteiger partial charge in [0.15, 0.2) is 5.60 Å². The van der Waals surface area contributed by atoms with Gasteiger partial charge in [-0.25, -0.2) is 0 Å². The predicted octanol–water partition coefficient (Wildman–Crippen LogP) is 4.62. The minimum atomic E-state index is -1.08. The molecule has 2 heterocycles. The number of fused-ring (bicyclic) bond motifs is 1. The van der Waals surface area contributed by atoms with E-state index in [1.807, 2.05) is 18.2 Å². The number of hydrogen-bond acceptors (Lipinski definition) is 4. The van der Waals surface area contributed by atoms with E-state index in [0.717, 1.165) is 34.9 Å². The van der Waals surface area contributed by atoms with Crippen LogP contribution in [-0.4, -0.2) is 58.6 Å². The third-order valence-electron chi connectivity index (χ3n) is 6.68. The smallest absolute Gasteiger partial charge is 0.266 e. The van der Waals surface area contributed by atoms with E-state index >= 15 is 0 Å². The number of piperidine rings is 1. The Labute approximate surface area is 214 Å². The molecule has 2 aliphatic heterocycles. The molecule has 2 aliphatic rings. The monoisotopic (exact) mass is 548 g/mol. The first-order chi connectivity index (χ1) is 16.2. The normalized spacial score (nSPS) is 20.6. The van der Waals surface area contributed by atoms with E-state index in [1.165, 1.54) is 0 Å². The molecule has 2 aromatic rings. The molecule has 1 fully saturated rings. The summed E-state index contributed by atoms with van der Waals surface area (Å²) in [6.45, 7) is 4.87.